The molecule has 0 atom stereocenters. The van der Waals surface area contributed by atoms with Gasteiger partial charge in [-0.25, -0.2) is 4.98 Å². The van der Waals surface area contributed by atoms with Crippen LogP contribution in [0.3, 0.4) is 0 Å². The van der Waals surface area contributed by atoms with Crippen molar-refractivity contribution in [1.29, 1.82) is 0 Å². The molecule has 2 aliphatic rings. The summed E-state index contributed by atoms with van der Waals surface area (Å²) in [6.45, 7) is 0. The summed E-state index contributed by atoms with van der Waals surface area (Å²) in [5.41, 5.74) is 0. The van der Waals surface area contributed by atoms with Crippen molar-refractivity contribution < 1.29 is 0 Å². The van der Waals surface area contributed by atoms with E-state index in [1.165, 1.54) is 38.5 Å². The van der Waals surface area contributed by atoms with E-state index < -0.39 is 0 Å². The lowest BCUT2D eigenvalue weighted by Crippen LogP contribution is -2.39. The fourth-order valence-corrected chi connectivity index (χ4v) is 3.56. The number of nitrogens with one attached hydrogen (secondary N) is 1. The number of hydrogen-bond acceptors (Lipinski definition) is 5. The highest BCUT2D eigenvalue weighted by Gasteiger charge is 2.30. The van der Waals surface area contributed by atoms with E-state index in [4.69, 9.17) is 4.98 Å². The van der Waals surface area contributed by atoms with E-state index in [9.17, 15) is 0 Å². The Kier molecular flexibility index (Phi) is 3.52. The minimum absolute atomic E-state index is 0.648. The Morgan fingerprint density at radius 1 is 1.17 bits per heavy atom. The maximum Gasteiger partial charge on any atom is 0.205 e. The first kappa shape index (κ1) is 12.4. The molecule has 2 aliphatic carbocycles. The van der Waals surface area contributed by atoms with Gasteiger partial charge in [0.15, 0.2) is 0 Å². The molecule has 1 heterocycles. The maximum absolute atomic E-state index is 4.70. The highest BCUT2D eigenvalue weighted by atomic mass is 32.1. The van der Waals surface area contributed by atoms with E-state index in [1.54, 1.807) is 11.5 Å². The monoisotopic (exact) mass is 266 g/mol. The summed E-state index contributed by atoms with van der Waals surface area (Å²) < 4.78 is 4.50. The summed E-state index contributed by atoms with van der Waals surface area (Å²) in [4.78, 5) is 7.06. The van der Waals surface area contributed by atoms with Crippen molar-refractivity contribution in [1.82, 2.24) is 14.7 Å². The second-order valence-corrected chi connectivity index (χ2v) is 6.34. The second kappa shape index (κ2) is 5.13. The Balaban J connectivity index is 1.61. The lowest BCUT2D eigenvalue weighted by atomic mass is 9.91. The fourth-order valence-electron chi connectivity index (χ4n) is 2.79. The molecule has 2 saturated carbocycles. The van der Waals surface area contributed by atoms with Crippen molar-refractivity contribution in [3.05, 3.63) is 5.82 Å². The molecular weight excluding hydrogens is 244 g/mol. The second-order valence-electron chi connectivity index (χ2n) is 5.61. The van der Waals surface area contributed by atoms with Crippen molar-refractivity contribution in [3.8, 4) is 0 Å². The number of anilines is 1. The zero-order chi connectivity index (χ0) is 12.5. The van der Waals surface area contributed by atoms with Crippen LogP contribution in [0.2, 0.25) is 0 Å². The van der Waals surface area contributed by atoms with Crippen LogP contribution in [0.4, 0.5) is 5.13 Å². The van der Waals surface area contributed by atoms with Gasteiger partial charge in [-0.2, -0.15) is 4.37 Å². The van der Waals surface area contributed by atoms with Gasteiger partial charge in [-0.3, -0.25) is 0 Å². The van der Waals surface area contributed by atoms with Crippen LogP contribution in [-0.2, 0) is 0 Å². The first-order valence-corrected chi connectivity index (χ1v) is 7.79. The molecule has 1 aromatic rings. The molecule has 0 radical (unpaired) electrons. The van der Waals surface area contributed by atoms with Gasteiger partial charge in [-0.05, 0) is 45.6 Å². The van der Waals surface area contributed by atoms with Gasteiger partial charge in [0, 0.05) is 36.6 Å². The van der Waals surface area contributed by atoms with Crippen molar-refractivity contribution in [2.24, 2.45) is 0 Å². The van der Waals surface area contributed by atoms with E-state index >= 15 is 0 Å². The summed E-state index contributed by atoms with van der Waals surface area (Å²) in [6, 6.07) is 1.36. The standard InChI is InChI=1S/C13H22N4S/c1-14-10-5-7-11(8-6-10)17(2)13-15-12(16-18-13)9-3-4-9/h9-11,14H,3-8H2,1-2H3. The predicted molar refractivity (Wildman–Crippen MR) is 75.4 cm³/mol. The quantitative estimate of drug-likeness (QED) is 0.908. The topological polar surface area (TPSA) is 41.0 Å². The number of hydrogen-bond donors (Lipinski definition) is 1. The first-order chi connectivity index (χ1) is 8.78. The molecule has 4 nitrogen and oxygen atoms in total. The fraction of sp³-hybridized carbons (Fsp3) is 0.846. The van der Waals surface area contributed by atoms with Crippen molar-refractivity contribution >= 4 is 16.7 Å². The highest BCUT2D eigenvalue weighted by Crippen LogP contribution is 2.40. The smallest absolute Gasteiger partial charge is 0.205 e. The van der Waals surface area contributed by atoms with E-state index in [0.29, 0.717) is 18.0 Å². The van der Waals surface area contributed by atoms with E-state index in [-0.39, 0.29) is 0 Å². The van der Waals surface area contributed by atoms with Crippen LogP contribution in [0.15, 0.2) is 0 Å². The van der Waals surface area contributed by atoms with Gasteiger partial charge < -0.3 is 10.2 Å². The van der Waals surface area contributed by atoms with Crippen molar-refractivity contribution in [2.75, 3.05) is 19.0 Å². The average Bonchev–Trinajstić information content (AvgIpc) is 3.16. The van der Waals surface area contributed by atoms with Crippen LogP contribution in [0, 0.1) is 0 Å². The van der Waals surface area contributed by atoms with Crippen molar-refractivity contribution in [3.63, 3.8) is 0 Å². The van der Waals surface area contributed by atoms with Crippen LogP contribution in [0.25, 0.3) is 0 Å². The lowest BCUT2D eigenvalue weighted by molar-refractivity contribution is 0.351. The summed E-state index contributed by atoms with van der Waals surface area (Å²) in [5, 5.41) is 4.50. The van der Waals surface area contributed by atoms with Gasteiger partial charge in [-0.15, -0.1) is 0 Å². The Labute approximate surface area is 113 Å². The number of nitrogens with zero attached hydrogens (tertiary/aromatic N) is 3. The third-order valence-corrected chi connectivity index (χ3v) is 5.15. The molecular formula is C13H22N4S. The zero-order valence-electron chi connectivity index (χ0n) is 11.2. The van der Waals surface area contributed by atoms with Gasteiger partial charge >= 0.3 is 0 Å². The molecule has 1 aromatic heterocycles. The molecule has 0 spiro atoms. The summed E-state index contributed by atoms with van der Waals surface area (Å²) >= 11 is 1.58. The maximum atomic E-state index is 4.70. The SMILES string of the molecule is CNC1CCC(N(C)c2nc(C3CC3)ns2)CC1. The highest BCUT2D eigenvalue weighted by molar-refractivity contribution is 7.09. The molecule has 18 heavy (non-hydrogen) atoms. The van der Waals surface area contributed by atoms with Crippen LogP contribution < -0.4 is 10.2 Å². The Morgan fingerprint density at radius 2 is 1.89 bits per heavy atom. The minimum Gasteiger partial charge on any atom is -0.347 e. The predicted octanol–water partition coefficient (Wildman–Crippen LogP) is 2.38. The summed E-state index contributed by atoms with van der Waals surface area (Å²) in [7, 11) is 4.25. The summed E-state index contributed by atoms with van der Waals surface area (Å²) in [6.07, 6.45) is 7.65. The van der Waals surface area contributed by atoms with Gasteiger partial charge in [-0.1, -0.05) is 0 Å². The van der Waals surface area contributed by atoms with Crippen LogP contribution in [-0.4, -0.2) is 35.5 Å². The van der Waals surface area contributed by atoms with Gasteiger partial charge in [0.1, 0.15) is 5.82 Å². The molecule has 0 unspecified atom stereocenters. The molecule has 0 saturated heterocycles. The van der Waals surface area contributed by atoms with Crippen LogP contribution in [0.1, 0.15) is 50.3 Å². The normalized spacial score (nSPS) is 28.3. The summed E-state index contributed by atoms with van der Waals surface area (Å²) in [5.74, 6) is 1.76. The Morgan fingerprint density at radius 3 is 2.50 bits per heavy atom. The molecule has 3 rings (SSSR count). The number of rotatable bonds is 4. The van der Waals surface area contributed by atoms with E-state index in [0.717, 1.165) is 11.0 Å². The van der Waals surface area contributed by atoms with Gasteiger partial charge in [0.2, 0.25) is 5.13 Å². The molecule has 5 heteroatoms. The van der Waals surface area contributed by atoms with Gasteiger partial charge in [0.05, 0.1) is 0 Å². The molecule has 0 amide bonds. The Hall–Kier alpha value is -0.680. The van der Waals surface area contributed by atoms with Crippen LogP contribution >= 0.6 is 11.5 Å². The molecule has 1 N–H and O–H groups in total. The number of aromatic nitrogens is 2. The van der Waals surface area contributed by atoms with E-state index in [2.05, 4.69) is 28.7 Å². The average molecular weight is 266 g/mol. The molecule has 0 bridgehead atoms. The molecule has 2 fully saturated rings. The third kappa shape index (κ3) is 2.52. The minimum atomic E-state index is 0.648. The van der Waals surface area contributed by atoms with Gasteiger partial charge in [0.25, 0.3) is 0 Å². The van der Waals surface area contributed by atoms with E-state index in [1.807, 2.05) is 0 Å². The zero-order valence-corrected chi connectivity index (χ0v) is 12.0. The molecule has 100 valence electrons. The Bertz CT molecular complexity index is 393. The largest absolute Gasteiger partial charge is 0.347 e. The molecule has 0 aromatic carbocycles. The van der Waals surface area contributed by atoms with Crippen molar-refractivity contribution in [2.45, 2.75) is 56.5 Å². The lowest BCUT2D eigenvalue weighted by Gasteiger charge is -2.34. The molecule has 0 aliphatic heterocycles. The third-order valence-electron chi connectivity index (χ3n) is 4.33. The van der Waals surface area contributed by atoms with Crippen LogP contribution in [0.5, 0.6) is 0 Å². The first-order valence-electron chi connectivity index (χ1n) is 7.01.